The van der Waals surface area contributed by atoms with Crippen molar-refractivity contribution in [2.75, 3.05) is 11.1 Å². The minimum Gasteiger partial charge on any atom is -0.384 e. The minimum atomic E-state index is 0.527. The third kappa shape index (κ3) is 3.08. The van der Waals surface area contributed by atoms with Crippen LogP contribution in [0, 0.1) is 5.92 Å². The van der Waals surface area contributed by atoms with Gasteiger partial charge in [0.25, 0.3) is 0 Å². The Labute approximate surface area is 96.7 Å². The van der Waals surface area contributed by atoms with Gasteiger partial charge in [0.1, 0.15) is 18.0 Å². The van der Waals surface area contributed by atoms with Crippen LogP contribution in [0.15, 0.2) is 12.4 Å². The van der Waals surface area contributed by atoms with E-state index in [-0.39, 0.29) is 0 Å². The molecule has 1 aliphatic rings. The molecule has 1 heterocycles. The van der Waals surface area contributed by atoms with Crippen LogP contribution in [-0.2, 0) is 0 Å². The van der Waals surface area contributed by atoms with Crippen molar-refractivity contribution in [3.8, 4) is 0 Å². The van der Waals surface area contributed by atoms with Crippen LogP contribution in [0.1, 0.15) is 39.0 Å². The molecule has 2 atom stereocenters. The molecule has 3 N–H and O–H groups in total. The van der Waals surface area contributed by atoms with Gasteiger partial charge in [0, 0.05) is 12.1 Å². The van der Waals surface area contributed by atoms with Crippen molar-refractivity contribution < 1.29 is 0 Å². The van der Waals surface area contributed by atoms with Crippen LogP contribution in [0.4, 0.5) is 11.6 Å². The van der Waals surface area contributed by atoms with Crippen LogP contribution < -0.4 is 11.1 Å². The Bertz CT molecular complexity index is 340. The summed E-state index contributed by atoms with van der Waals surface area (Å²) in [4.78, 5) is 8.07. The van der Waals surface area contributed by atoms with Gasteiger partial charge in [-0.2, -0.15) is 0 Å². The predicted octanol–water partition coefficient (Wildman–Crippen LogP) is 2.44. The molecule has 4 nitrogen and oxygen atoms in total. The summed E-state index contributed by atoms with van der Waals surface area (Å²) >= 11 is 0. The lowest BCUT2D eigenvalue weighted by molar-refractivity contribution is 0.502. The van der Waals surface area contributed by atoms with Gasteiger partial charge in [0.05, 0.1) is 0 Å². The summed E-state index contributed by atoms with van der Waals surface area (Å²) in [6, 6.07) is 2.34. The zero-order valence-corrected chi connectivity index (χ0v) is 9.82. The topological polar surface area (TPSA) is 63.8 Å². The first kappa shape index (κ1) is 11.2. The molecule has 16 heavy (non-hydrogen) atoms. The molecule has 1 aromatic rings. The third-order valence-corrected chi connectivity index (χ3v) is 3.30. The SMILES string of the molecule is CC1CCCC(Nc2cc(N)ncn2)CC1. The van der Waals surface area contributed by atoms with Crippen molar-refractivity contribution >= 4 is 11.6 Å². The first-order valence-electron chi connectivity index (χ1n) is 6.08. The largest absolute Gasteiger partial charge is 0.384 e. The van der Waals surface area contributed by atoms with E-state index in [1.165, 1.54) is 38.4 Å². The molecule has 1 aliphatic carbocycles. The summed E-state index contributed by atoms with van der Waals surface area (Å²) in [5.74, 6) is 2.24. The summed E-state index contributed by atoms with van der Waals surface area (Å²) < 4.78 is 0. The van der Waals surface area contributed by atoms with Gasteiger partial charge in [-0.25, -0.2) is 9.97 Å². The molecular formula is C12H20N4. The smallest absolute Gasteiger partial charge is 0.131 e. The summed E-state index contributed by atoms with van der Waals surface area (Å²) in [6.45, 7) is 2.34. The number of nitrogens with two attached hydrogens (primary N) is 1. The fraction of sp³-hybridized carbons (Fsp3) is 0.667. The van der Waals surface area contributed by atoms with Gasteiger partial charge in [-0.05, 0) is 25.2 Å². The highest BCUT2D eigenvalue weighted by atomic mass is 15.0. The second-order valence-corrected chi connectivity index (χ2v) is 4.78. The summed E-state index contributed by atoms with van der Waals surface area (Å²) in [7, 11) is 0. The molecule has 2 unspecified atom stereocenters. The van der Waals surface area contributed by atoms with Crippen molar-refractivity contribution in [2.45, 2.75) is 45.1 Å². The molecular weight excluding hydrogens is 200 g/mol. The van der Waals surface area contributed by atoms with Crippen LogP contribution in [0.25, 0.3) is 0 Å². The Morgan fingerprint density at radius 2 is 2.12 bits per heavy atom. The van der Waals surface area contributed by atoms with Crippen molar-refractivity contribution in [1.82, 2.24) is 9.97 Å². The molecule has 0 bridgehead atoms. The fourth-order valence-corrected chi connectivity index (χ4v) is 2.29. The maximum absolute atomic E-state index is 5.63. The van der Waals surface area contributed by atoms with Crippen molar-refractivity contribution in [1.29, 1.82) is 0 Å². The number of hydrogen-bond acceptors (Lipinski definition) is 4. The fourth-order valence-electron chi connectivity index (χ4n) is 2.29. The van der Waals surface area contributed by atoms with Crippen LogP contribution in [0.3, 0.4) is 0 Å². The van der Waals surface area contributed by atoms with Gasteiger partial charge in [0.2, 0.25) is 0 Å². The first-order chi connectivity index (χ1) is 7.74. The molecule has 0 amide bonds. The molecule has 0 aromatic carbocycles. The normalized spacial score (nSPS) is 26.1. The summed E-state index contributed by atoms with van der Waals surface area (Å²) in [5, 5.41) is 3.45. The van der Waals surface area contributed by atoms with E-state index in [0.717, 1.165) is 11.7 Å². The zero-order valence-electron chi connectivity index (χ0n) is 9.82. The van der Waals surface area contributed by atoms with Crippen LogP contribution in [0.2, 0.25) is 0 Å². The molecule has 1 aromatic heterocycles. The van der Waals surface area contributed by atoms with Gasteiger partial charge in [-0.3, -0.25) is 0 Å². The van der Waals surface area contributed by atoms with Crippen molar-refractivity contribution in [2.24, 2.45) is 5.92 Å². The van der Waals surface area contributed by atoms with Gasteiger partial charge in [0.15, 0.2) is 0 Å². The second kappa shape index (κ2) is 5.14. The van der Waals surface area contributed by atoms with E-state index in [9.17, 15) is 0 Å². The van der Waals surface area contributed by atoms with E-state index >= 15 is 0 Å². The van der Waals surface area contributed by atoms with E-state index in [0.29, 0.717) is 11.9 Å². The molecule has 2 rings (SSSR count). The monoisotopic (exact) mass is 220 g/mol. The third-order valence-electron chi connectivity index (χ3n) is 3.30. The second-order valence-electron chi connectivity index (χ2n) is 4.78. The molecule has 1 fully saturated rings. The highest BCUT2D eigenvalue weighted by Crippen LogP contribution is 2.24. The Morgan fingerprint density at radius 3 is 2.94 bits per heavy atom. The van der Waals surface area contributed by atoms with Crippen LogP contribution >= 0.6 is 0 Å². The van der Waals surface area contributed by atoms with Gasteiger partial charge in [-0.1, -0.05) is 19.8 Å². The first-order valence-corrected chi connectivity index (χ1v) is 6.08. The molecule has 4 heteroatoms. The number of anilines is 2. The van der Waals surface area contributed by atoms with E-state index in [1.54, 1.807) is 6.07 Å². The van der Waals surface area contributed by atoms with E-state index in [2.05, 4.69) is 22.2 Å². The predicted molar refractivity (Wildman–Crippen MR) is 66.1 cm³/mol. The highest BCUT2D eigenvalue weighted by molar-refractivity contribution is 5.43. The zero-order chi connectivity index (χ0) is 11.4. The highest BCUT2D eigenvalue weighted by Gasteiger charge is 2.16. The molecule has 88 valence electrons. The lowest BCUT2D eigenvalue weighted by Crippen LogP contribution is -2.19. The minimum absolute atomic E-state index is 0.527. The maximum Gasteiger partial charge on any atom is 0.131 e. The van der Waals surface area contributed by atoms with Gasteiger partial charge in [-0.15, -0.1) is 0 Å². The Kier molecular flexibility index (Phi) is 3.59. The number of nitrogens with one attached hydrogen (secondary N) is 1. The molecule has 1 saturated carbocycles. The standard InChI is InChI=1S/C12H20N4/c1-9-3-2-4-10(6-5-9)16-12-7-11(13)14-8-15-12/h7-10H,2-6H2,1H3,(H3,13,14,15,16). The number of hydrogen-bond donors (Lipinski definition) is 2. The number of aromatic nitrogens is 2. The summed E-state index contributed by atoms with van der Waals surface area (Å²) in [5.41, 5.74) is 5.63. The lowest BCUT2D eigenvalue weighted by Gasteiger charge is -2.16. The molecule has 0 radical (unpaired) electrons. The number of rotatable bonds is 2. The maximum atomic E-state index is 5.63. The molecule has 0 saturated heterocycles. The summed E-state index contributed by atoms with van der Waals surface area (Å²) in [6.07, 6.45) is 7.93. The van der Waals surface area contributed by atoms with Crippen LogP contribution in [0.5, 0.6) is 0 Å². The van der Waals surface area contributed by atoms with E-state index in [1.807, 2.05) is 0 Å². The van der Waals surface area contributed by atoms with Crippen LogP contribution in [-0.4, -0.2) is 16.0 Å². The average Bonchev–Trinajstić information content (AvgIpc) is 2.44. The van der Waals surface area contributed by atoms with E-state index < -0.39 is 0 Å². The van der Waals surface area contributed by atoms with Crippen molar-refractivity contribution in [3.05, 3.63) is 12.4 Å². The van der Waals surface area contributed by atoms with E-state index in [4.69, 9.17) is 5.73 Å². The lowest BCUT2D eigenvalue weighted by atomic mass is 10.0. The Hall–Kier alpha value is -1.32. The molecule has 0 spiro atoms. The average molecular weight is 220 g/mol. The van der Waals surface area contributed by atoms with Gasteiger partial charge < -0.3 is 11.1 Å². The number of nitrogens with zero attached hydrogens (tertiary/aromatic N) is 2. The van der Waals surface area contributed by atoms with Crippen molar-refractivity contribution in [3.63, 3.8) is 0 Å². The van der Waals surface area contributed by atoms with Gasteiger partial charge >= 0.3 is 0 Å². The Balaban J connectivity index is 1.93. The number of nitrogen functional groups attached to an aromatic ring is 1. The molecule has 0 aliphatic heterocycles. The Morgan fingerprint density at radius 1 is 1.25 bits per heavy atom. The quantitative estimate of drug-likeness (QED) is 0.751.